The molecule has 37 heavy (non-hydrogen) atoms. The summed E-state index contributed by atoms with van der Waals surface area (Å²) in [6, 6.07) is 9.62. The Morgan fingerprint density at radius 1 is 1.14 bits per heavy atom. The summed E-state index contributed by atoms with van der Waals surface area (Å²) in [6.45, 7) is 0. The number of halogens is 3. The molecule has 1 unspecified atom stereocenters. The van der Waals surface area contributed by atoms with Gasteiger partial charge in [-0.3, -0.25) is 10.2 Å². The van der Waals surface area contributed by atoms with E-state index in [1.165, 1.54) is 48.0 Å². The Morgan fingerprint density at radius 2 is 1.97 bits per heavy atom. The number of aliphatic hydroxyl groups excluding tert-OH is 1. The number of alkyl halides is 3. The molecule has 1 fully saturated rings. The van der Waals surface area contributed by atoms with Crippen LogP contribution >= 0.6 is 0 Å². The van der Waals surface area contributed by atoms with Crippen molar-refractivity contribution in [3.05, 3.63) is 72.9 Å². The predicted octanol–water partition coefficient (Wildman–Crippen LogP) is 4.96. The van der Waals surface area contributed by atoms with Crippen LogP contribution in [0.4, 0.5) is 35.3 Å². The number of anilines is 3. The van der Waals surface area contributed by atoms with Gasteiger partial charge in [-0.25, -0.2) is 19.7 Å². The van der Waals surface area contributed by atoms with Crippen LogP contribution in [0.15, 0.2) is 71.7 Å². The zero-order chi connectivity index (χ0) is 26.2. The number of amides is 2. The van der Waals surface area contributed by atoms with Gasteiger partial charge in [-0.15, -0.1) is 0 Å². The smallest absolute Gasteiger partial charge is 0.416 e. The Labute approximate surface area is 208 Å². The van der Waals surface area contributed by atoms with Gasteiger partial charge in [-0.2, -0.15) is 13.2 Å². The van der Waals surface area contributed by atoms with Crippen molar-refractivity contribution in [1.29, 1.82) is 0 Å². The molecular formula is C25H21F3N6O3. The minimum atomic E-state index is -4.53. The van der Waals surface area contributed by atoms with Gasteiger partial charge in [-0.1, -0.05) is 12.1 Å². The van der Waals surface area contributed by atoms with Crippen LogP contribution < -0.4 is 16.0 Å². The van der Waals surface area contributed by atoms with E-state index in [0.29, 0.717) is 24.2 Å². The maximum Gasteiger partial charge on any atom is 0.416 e. The molecule has 0 saturated heterocycles. The van der Waals surface area contributed by atoms with E-state index in [1.54, 1.807) is 12.1 Å². The highest BCUT2D eigenvalue weighted by molar-refractivity contribution is 6.03. The number of rotatable bonds is 5. The van der Waals surface area contributed by atoms with Crippen molar-refractivity contribution in [3.63, 3.8) is 0 Å². The lowest BCUT2D eigenvalue weighted by atomic mass is 9.87. The number of pyridine rings is 2. The molecule has 190 valence electrons. The molecule has 3 aromatic heterocycles. The van der Waals surface area contributed by atoms with E-state index in [9.17, 15) is 23.1 Å². The molecule has 0 spiro atoms. The molecule has 0 aliphatic heterocycles. The van der Waals surface area contributed by atoms with Gasteiger partial charge in [0.1, 0.15) is 5.82 Å². The molecule has 1 aromatic carbocycles. The molecule has 1 saturated carbocycles. The number of nitrogens with two attached hydrogens (primary N) is 1. The van der Waals surface area contributed by atoms with Gasteiger partial charge in [0.25, 0.3) is 0 Å². The summed E-state index contributed by atoms with van der Waals surface area (Å²) >= 11 is 0. The fraction of sp³-hybridized carbons (Fsp3) is 0.200. The molecule has 4 aromatic rings. The summed E-state index contributed by atoms with van der Waals surface area (Å²) in [6.07, 6.45) is -0.117. The summed E-state index contributed by atoms with van der Waals surface area (Å²) in [7, 11) is 0. The fourth-order valence-corrected chi connectivity index (χ4v) is 4.02. The number of aromatic nitrogens is 3. The van der Waals surface area contributed by atoms with E-state index < -0.39 is 29.9 Å². The van der Waals surface area contributed by atoms with Gasteiger partial charge >= 0.3 is 12.2 Å². The van der Waals surface area contributed by atoms with Crippen molar-refractivity contribution < 1.29 is 27.5 Å². The lowest BCUT2D eigenvalue weighted by molar-refractivity contribution is -0.137. The van der Waals surface area contributed by atoms with E-state index >= 15 is 0 Å². The van der Waals surface area contributed by atoms with Crippen molar-refractivity contribution >= 4 is 23.4 Å². The van der Waals surface area contributed by atoms with Gasteiger partial charge in [0.15, 0.2) is 18.0 Å². The standard InChI is InChI=1S/C25H21F3N6O3/c26-25(27,28)16-3-1-2-14(10-16)18-5-4-17(29)23(32-18)34(19-6-7-20(19)35)24(36)33-22-11-15(8-9-31-22)21-12-30-13-37-21/h1-5,8-13,19-20,35H,6-7,29H2,(H,31,33,36)/t19?,20-/m1/s1. The zero-order valence-electron chi connectivity index (χ0n) is 19.2. The Kier molecular flexibility index (Phi) is 6.25. The van der Waals surface area contributed by atoms with Crippen molar-refractivity contribution in [3.8, 4) is 22.6 Å². The number of hydrogen-bond donors (Lipinski definition) is 3. The number of carbonyl (C=O) groups excluding carboxylic acids is 1. The maximum absolute atomic E-state index is 13.5. The average Bonchev–Trinajstić information content (AvgIpc) is 3.42. The second kappa shape index (κ2) is 9.54. The zero-order valence-corrected chi connectivity index (χ0v) is 19.2. The number of benzene rings is 1. The number of nitrogen functional groups attached to an aromatic ring is 1. The van der Waals surface area contributed by atoms with E-state index in [1.807, 2.05) is 0 Å². The van der Waals surface area contributed by atoms with Crippen molar-refractivity contribution in [2.75, 3.05) is 16.0 Å². The second-order valence-corrected chi connectivity index (χ2v) is 8.50. The van der Waals surface area contributed by atoms with Crippen LogP contribution in [0.2, 0.25) is 0 Å². The highest BCUT2D eigenvalue weighted by Gasteiger charge is 2.39. The van der Waals surface area contributed by atoms with Crippen molar-refractivity contribution in [2.24, 2.45) is 0 Å². The Bertz CT molecular complexity index is 1430. The molecule has 4 N–H and O–H groups in total. The Balaban J connectivity index is 1.49. The summed E-state index contributed by atoms with van der Waals surface area (Å²) in [5, 5.41) is 13.1. The quantitative estimate of drug-likeness (QED) is 0.346. The number of nitrogens with zero attached hydrogens (tertiary/aromatic N) is 4. The van der Waals surface area contributed by atoms with Crippen LogP contribution in [0, 0.1) is 0 Å². The molecule has 3 heterocycles. The number of oxazole rings is 1. The fourth-order valence-electron chi connectivity index (χ4n) is 4.02. The molecule has 9 nitrogen and oxygen atoms in total. The molecule has 12 heteroatoms. The van der Waals surface area contributed by atoms with Gasteiger partial charge < -0.3 is 15.3 Å². The lowest BCUT2D eigenvalue weighted by Gasteiger charge is -2.41. The van der Waals surface area contributed by atoms with Crippen molar-refractivity contribution in [2.45, 2.75) is 31.2 Å². The van der Waals surface area contributed by atoms with E-state index in [-0.39, 0.29) is 28.6 Å². The first-order valence-electron chi connectivity index (χ1n) is 11.3. The molecule has 0 radical (unpaired) electrons. The third-order valence-corrected chi connectivity index (χ3v) is 6.08. The summed E-state index contributed by atoms with van der Waals surface area (Å²) in [5.74, 6) is 0.691. The topological polar surface area (TPSA) is 130 Å². The van der Waals surface area contributed by atoms with E-state index in [2.05, 4.69) is 20.3 Å². The van der Waals surface area contributed by atoms with Gasteiger partial charge in [0.05, 0.1) is 35.3 Å². The van der Waals surface area contributed by atoms with Gasteiger partial charge in [0, 0.05) is 17.3 Å². The Morgan fingerprint density at radius 3 is 2.65 bits per heavy atom. The summed E-state index contributed by atoms with van der Waals surface area (Å²) in [4.78, 5) is 27.2. The van der Waals surface area contributed by atoms with Crippen LogP contribution in [0.25, 0.3) is 22.6 Å². The molecule has 1 aliphatic carbocycles. The first kappa shape index (κ1) is 24.3. The second-order valence-electron chi connectivity index (χ2n) is 8.50. The predicted molar refractivity (Wildman–Crippen MR) is 129 cm³/mol. The molecule has 0 bridgehead atoms. The SMILES string of the molecule is Nc1ccc(-c2cccc(C(F)(F)F)c2)nc1N(C(=O)Nc1cc(-c2cnco2)ccn1)C1CC[C@H]1O. The van der Waals surface area contributed by atoms with Crippen LogP contribution in [0.1, 0.15) is 18.4 Å². The lowest BCUT2D eigenvalue weighted by Crippen LogP contribution is -2.55. The maximum atomic E-state index is 13.5. The van der Waals surface area contributed by atoms with Crippen LogP contribution in [-0.4, -0.2) is 38.2 Å². The molecule has 1 aliphatic rings. The number of carbonyl (C=O) groups is 1. The third-order valence-electron chi connectivity index (χ3n) is 6.08. The van der Waals surface area contributed by atoms with E-state index in [0.717, 1.165) is 12.1 Å². The number of aliphatic hydroxyl groups is 1. The van der Waals surface area contributed by atoms with Crippen LogP contribution in [-0.2, 0) is 6.18 Å². The molecular weight excluding hydrogens is 489 g/mol. The monoisotopic (exact) mass is 510 g/mol. The first-order chi connectivity index (χ1) is 17.7. The van der Waals surface area contributed by atoms with E-state index in [4.69, 9.17) is 10.2 Å². The normalized spacial score (nSPS) is 17.2. The summed E-state index contributed by atoms with van der Waals surface area (Å²) in [5.41, 5.74) is 6.48. The molecule has 2 atom stereocenters. The summed E-state index contributed by atoms with van der Waals surface area (Å²) < 4.78 is 45.0. The minimum absolute atomic E-state index is 0.0163. The number of urea groups is 1. The minimum Gasteiger partial charge on any atom is -0.444 e. The highest BCUT2D eigenvalue weighted by atomic mass is 19.4. The van der Waals surface area contributed by atoms with Crippen LogP contribution in [0.3, 0.4) is 0 Å². The van der Waals surface area contributed by atoms with Crippen LogP contribution in [0.5, 0.6) is 0 Å². The largest absolute Gasteiger partial charge is 0.444 e. The third kappa shape index (κ3) is 4.96. The molecule has 2 amide bonds. The number of hydrogen-bond acceptors (Lipinski definition) is 7. The first-order valence-corrected chi connectivity index (χ1v) is 11.3. The highest BCUT2D eigenvalue weighted by Crippen LogP contribution is 2.36. The van der Waals surface area contributed by atoms with Crippen molar-refractivity contribution in [1.82, 2.24) is 15.0 Å². The van der Waals surface area contributed by atoms with Gasteiger partial charge in [-0.05, 0) is 49.2 Å². The van der Waals surface area contributed by atoms with Gasteiger partial charge in [0.2, 0.25) is 0 Å². The Hall–Kier alpha value is -4.45. The molecule has 5 rings (SSSR count). The average molecular weight is 510 g/mol. The number of nitrogens with one attached hydrogen (secondary N) is 1.